The lowest BCUT2D eigenvalue weighted by Gasteiger charge is -2.47. The SMILES string of the molecule is COc1c2c(cc3c1OCO3)[C@]13CCCC[C@H]1N(CC3)C2. The van der Waals surface area contributed by atoms with Gasteiger partial charge in [-0.2, -0.15) is 0 Å². The molecular weight excluding hydrogens is 266 g/mol. The topological polar surface area (TPSA) is 30.9 Å². The summed E-state index contributed by atoms with van der Waals surface area (Å²) >= 11 is 0. The summed E-state index contributed by atoms with van der Waals surface area (Å²) in [4.78, 5) is 2.67. The molecule has 3 aliphatic heterocycles. The van der Waals surface area contributed by atoms with Crippen molar-refractivity contribution < 1.29 is 14.2 Å². The van der Waals surface area contributed by atoms with Crippen LogP contribution in [0.25, 0.3) is 0 Å². The molecule has 4 aliphatic rings. The Bertz CT molecular complexity index is 615. The molecule has 4 nitrogen and oxygen atoms in total. The third kappa shape index (κ3) is 1.39. The standard InChI is InChI=1S/C17H21NO3/c1-19-15-11-9-18-7-6-17(5-3-2-4-14(17)18)12(11)8-13-16(15)21-10-20-13/h8,14H,2-7,9-10H2,1H3/t14-,17-/m1/s1. The van der Waals surface area contributed by atoms with Crippen LogP contribution < -0.4 is 14.2 Å². The Labute approximate surface area is 125 Å². The maximum atomic E-state index is 5.72. The van der Waals surface area contributed by atoms with E-state index in [9.17, 15) is 0 Å². The van der Waals surface area contributed by atoms with E-state index < -0.39 is 0 Å². The van der Waals surface area contributed by atoms with E-state index in [0.29, 0.717) is 12.2 Å². The van der Waals surface area contributed by atoms with Crippen LogP contribution in [0.4, 0.5) is 0 Å². The summed E-state index contributed by atoms with van der Waals surface area (Å²) in [5.41, 5.74) is 3.17. The van der Waals surface area contributed by atoms with Crippen LogP contribution in [-0.2, 0) is 12.0 Å². The fourth-order valence-electron chi connectivity index (χ4n) is 5.25. The molecule has 1 saturated carbocycles. The Morgan fingerprint density at radius 3 is 3.14 bits per heavy atom. The molecule has 1 unspecified atom stereocenters. The number of methoxy groups -OCH3 is 1. The number of benzene rings is 1. The largest absolute Gasteiger partial charge is 0.492 e. The van der Waals surface area contributed by atoms with Crippen molar-refractivity contribution in [3.63, 3.8) is 0 Å². The molecule has 21 heavy (non-hydrogen) atoms. The van der Waals surface area contributed by atoms with Gasteiger partial charge in [-0.3, -0.25) is 4.90 Å². The molecular formula is C17H21NO3. The van der Waals surface area contributed by atoms with Gasteiger partial charge in [-0.15, -0.1) is 0 Å². The van der Waals surface area contributed by atoms with Crippen molar-refractivity contribution in [1.29, 1.82) is 0 Å². The molecule has 0 spiro atoms. The first-order chi connectivity index (χ1) is 10.3. The van der Waals surface area contributed by atoms with E-state index in [1.54, 1.807) is 7.11 Å². The summed E-state index contributed by atoms with van der Waals surface area (Å²) < 4.78 is 17.0. The second kappa shape index (κ2) is 4.07. The van der Waals surface area contributed by atoms with Crippen LogP contribution in [0, 0.1) is 0 Å². The van der Waals surface area contributed by atoms with E-state index in [1.807, 2.05) is 0 Å². The van der Waals surface area contributed by atoms with E-state index in [2.05, 4.69) is 11.0 Å². The van der Waals surface area contributed by atoms with E-state index in [0.717, 1.165) is 29.8 Å². The molecule has 0 radical (unpaired) electrons. The van der Waals surface area contributed by atoms with Gasteiger partial charge in [-0.05, 0) is 37.4 Å². The van der Waals surface area contributed by atoms with E-state index >= 15 is 0 Å². The van der Waals surface area contributed by atoms with E-state index in [1.165, 1.54) is 49.8 Å². The monoisotopic (exact) mass is 287 g/mol. The van der Waals surface area contributed by atoms with Gasteiger partial charge in [-0.25, -0.2) is 0 Å². The summed E-state index contributed by atoms with van der Waals surface area (Å²) in [7, 11) is 1.75. The number of hydrogen-bond acceptors (Lipinski definition) is 4. The Balaban J connectivity index is 1.76. The van der Waals surface area contributed by atoms with Gasteiger partial charge in [0.2, 0.25) is 12.5 Å². The maximum absolute atomic E-state index is 5.72. The quantitative estimate of drug-likeness (QED) is 0.795. The van der Waals surface area contributed by atoms with Crippen LogP contribution >= 0.6 is 0 Å². The lowest BCUT2D eigenvalue weighted by atomic mass is 9.63. The van der Waals surface area contributed by atoms with Gasteiger partial charge in [0.05, 0.1) is 7.11 Å². The second-order valence-electron chi connectivity index (χ2n) is 6.81. The van der Waals surface area contributed by atoms with Crippen LogP contribution in [-0.4, -0.2) is 31.4 Å². The van der Waals surface area contributed by atoms with Gasteiger partial charge in [0.1, 0.15) is 0 Å². The summed E-state index contributed by atoms with van der Waals surface area (Å²) in [6, 6.07) is 2.99. The van der Waals surface area contributed by atoms with E-state index in [-0.39, 0.29) is 0 Å². The molecule has 1 aromatic rings. The van der Waals surface area contributed by atoms with Gasteiger partial charge >= 0.3 is 0 Å². The molecule has 0 amide bonds. The highest BCUT2D eigenvalue weighted by Gasteiger charge is 2.54. The maximum Gasteiger partial charge on any atom is 0.231 e. The highest BCUT2D eigenvalue weighted by Crippen LogP contribution is 2.58. The highest BCUT2D eigenvalue weighted by atomic mass is 16.7. The van der Waals surface area contributed by atoms with Gasteiger partial charge in [0, 0.05) is 23.6 Å². The molecule has 1 aliphatic carbocycles. The molecule has 1 saturated heterocycles. The number of rotatable bonds is 1. The molecule has 3 atom stereocenters. The van der Waals surface area contributed by atoms with Crippen LogP contribution in [0.3, 0.4) is 0 Å². The molecule has 0 N–H and O–H groups in total. The Kier molecular flexibility index (Phi) is 2.35. The lowest BCUT2D eigenvalue weighted by molar-refractivity contribution is 0.130. The third-order valence-electron chi connectivity index (χ3n) is 6.10. The zero-order chi connectivity index (χ0) is 14.0. The van der Waals surface area contributed by atoms with Crippen molar-refractivity contribution in [3.05, 3.63) is 17.2 Å². The van der Waals surface area contributed by atoms with Crippen molar-refractivity contribution in [2.75, 3.05) is 20.4 Å². The summed E-state index contributed by atoms with van der Waals surface area (Å²) in [5.74, 6) is 2.60. The van der Waals surface area contributed by atoms with E-state index in [4.69, 9.17) is 14.2 Å². The average Bonchev–Trinajstić information content (AvgIpc) is 3.09. The van der Waals surface area contributed by atoms with Crippen LogP contribution in [0.15, 0.2) is 6.07 Å². The van der Waals surface area contributed by atoms with Gasteiger partial charge < -0.3 is 14.2 Å². The molecule has 5 rings (SSSR count). The van der Waals surface area contributed by atoms with Crippen LogP contribution in [0.2, 0.25) is 0 Å². The molecule has 2 fully saturated rings. The van der Waals surface area contributed by atoms with Crippen molar-refractivity contribution in [2.45, 2.75) is 50.1 Å². The Morgan fingerprint density at radius 2 is 2.24 bits per heavy atom. The summed E-state index contributed by atoms with van der Waals surface area (Å²) in [6.45, 7) is 2.53. The summed E-state index contributed by atoms with van der Waals surface area (Å²) in [6.07, 6.45) is 6.66. The van der Waals surface area contributed by atoms with Crippen LogP contribution in [0.1, 0.15) is 43.2 Å². The minimum absolute atomic E-state index is 0.314. The molecule has 2 bridgehead atoms. The molecule has 3 heterocycles. The van der Waals surface area contributed by atoms with Crippen molar-refractivity contribution in [1.82, 2.24) is 4.90 Å². The minimum atomic E-state index is 0.314. The van der Waals surface area contributed by atoms with Gasteiger partial charge in [0.15, 0.2) is 11.5 Å². The number of fused-ring (bicyclic) bond motifs is 2. The molecule has 1 aromatic carbocycles. The van der Waals surface area contributed by atoms with Gasteiger partial charge in [0.25, 0.3) is 0 Å². The Hall–Kier alpha value is -1.42. The molecule has 112 valence electrons. The fourth-order valence-corrected chi connectivity index (χ4v) is 5.25. The average molecular weight is 287 g/mol. The number of ether oxygens (including phenoxy) is 3. The molecule has 4 heteroatoms. The first-order valence-corrected chi connectivity index (χ1v) is 8.07. The fraction of sp³-hybridized carbons (Fsp3) is 0.647. The first-order valence-electron chi connectivity index (χ1n) is 8.07. The first kappa shape index (κ1) is 12.2. The Morgan fingerprint density at radius 1 is 1.29 bits per heavy atom. The zero-order valence-electron chi connectivity index (χ0n) is 12.5. The van der Waals surface area contributed by atoms with Crippen molar-refractivity contribution >= 4 is 0 Å². The second-order valence-corrected chi connectivity index (χ2v) is 6.81. The predicted molar refractivity (Wildman–Crippen MR) is 78.1 cm³/mol. The zero-order valence-corrected chi connectivity index (χ0v) is 12.5. The smallest absolute Gasteiger partial charge is 0.231 e. The number of nitrogens with zero attached hydrogens (tertiary/aromatic N) is 1. The van der Waals surface area contributed by atoms with Crippen molar-refractivity contribution in [2.24, 2.45) is 0 Å². The van der Waals surface area contributed by atoms with Crippen molar-refractivity contribution in [3.8, 4) is 17.2 Å². The summed E-state index contributed by atoms with van der Waals surface area (Å²) in [5, 5.41) is 0. The predicted octanol–water partition coefficient (Wildman–Crippen LogP) is 2.82. The van der Waals surface area contributed by atoms with Crippen LogP contribution in [0.5, 0.6) is 17.2 Å². The highest BCUT2D eigenvalue weighted by molar-refractivity contribution is 5.63. The minimum Gasteiger partial charge on any atom is -0.492 e. The molecule has 0 aromatic heterocycles. The number of hydrogen-bond donors (Lipinski definition) is 0. The third-order valence-corrected chi connectivity index (χ3v) is 6.10. The normalized spacial score (nSPS) is 35.3. The van der Waals surface area contributed by atoms with Gasteiger partial charge in [-0.1, -0.05) is 12.8 Å². The lowest BCUT2D eigenvalue weighted by Crippen LogP contribution is -2.48.